The molecular weight excluding hydrogens is 576 g/mol. The van der Waals surface area contributed by atoms with Gasteiger partial charge in [0.2, 0.25) is 11.8 Å². The van der Waals surface area contributed by atoms with Crippen molar-refractivity contribution in [2.45, 2.75) is 44.7 Å². The van der Waals surface area contributed by atoms with Crippen molar-refractivity contribution in [3.8, 4) is 0 Å². The van der Waals surface area contributed by atoms with Crippen molar-refractivity contribution in [3.05, 3.63) is 94.2 Å². The highest BCUT2D eigenvalue weighted by Gasteiger charge is 2.34. The minimum Gasteiger partial charge on any atom is -0.354 e. The van der Waals surface area contributed by atoms with E-state index >= 15 is 0 Å². The van der Waals surface area contributed by atoms with Crippen molar-refractivity contribution in [2.75, 3.05) is 17.4 Å². The molecule has 1 N–H and O–H groups in total. The third kappa shape index (κ3) is 7.96. The molecule has 0 heterocycles. The number of amides is 2. The Bertz CT molecular complexity index is 1420. The average Bonchev–Trinajstić information content (AvgIpc) is 2.93. The number of benzene rings is 3. The summed E-state index contributed by atoms with van der Waals surface area (Å²) < 4.78 is 42.4. The van der Waals surface area contributed by atoms with Crippen LogP contribution in [-0.2, 0) is 26.2 Å². The molecule has 214 valence electrons. The van der Waals surface area contributed by atoms with Gasteiger partial charge in [-0.15, -0.1) is 0 Å². The van der Waals surface area contributed by atoms with Gasteiger partial charge < -0.3 is 10.2 Å². The van der Waals surface area contributed by atoms with E-state index < -0.39 is 34.3 Å². The largest absolute Gasteiger partial charge is 0.354 e. The predicted octanol–water partition coefficient (Wildman–Crippen LogP) is 5.91. The summed E-state index contributed by atoms with van der Waals surface area (Å²) in [5.41, 5.74) is 0.711. The number of hydrogen-bond donors (Lipinski definition) is 1. The number of nitrogens with zero attached hydrogens (tertiary/aromatic N) is 2. The van der Waals surface area contributed by atoms with E-state index in [1.165, 1.54) is 23.1 Å². The molecule has 0 aliphatic rings. The van der Waals surface area contributed by atoms with E-state index in [9.17, 15) is 22.4 Å². The van der Waals surface area contributed by atoms with Gasteiger partial charge in [0.05, 0.1) is 15.6 Å². The van der Waals surface area contributed by atoms with Crippen LogP contribution < -0.4 is 9.62 Å². The molecular formula is C29H32Cl2FN3O4S. The molecule has 0 fully saturated rings. The van der Waals surface area contributed by atoms with E-state index in [0.29, 0.717) is 17.1 Å². The summed E-state index contributed by atoms with van der Waals surface area (Å²) >= 11 is 12.0. The molecule has 0 radical (unpaired) electrons. The van der Waals surface area contributed by atoms with Crippen LogP contribution in [0.5, 0.6) is 0 Å². The van der Waals surface area contributed by atoms with Crippen LogP contribution in [0.15, 0.2) is 77.7 Å². The Labute approximate surface area is 244 Å². The molecule has 3 aromatic carbocycles. The quantitative estimate of drug-likeness (QED) is 0.277. The molecule has 7 nitrogen and oxygen atoms in total. The molecule has 3 aromatic rings. The highest BCUT2D eigenvalue weighted by atomic mass is 35.5. The van der Waals surface area contributed by atoms with Gasteiger partial charge in [-0.05, 0) is 60.4 Å². The van der Waals surface area contributed by atoms with Crippen LogP contribution in [-0.4, -0.2) is 44.3 Å². The maximum Gasteiger partial charge on any atom is 0.264 e. The van der Waals surface area contributed by atoms with E-state index in [1.54, 1.807) is 49.4 Å². The summed E-state index contributed by atoms with van der Waals surface area (Å²) in [7, 11) is -4.28. The van der Waals surface area contributed by atoms with Crippen molar-refractivity contribution >= 4 is 50.7 Å². The summed E-state index contributed by atoms with van der Waals surface area (Å²) in [6, 6.07) is 17.0. The van der Waals surface area contributed by atoms with Crippen LogP contribution >= 0.6 is 23.2 Å². The topological polar surface area (TPSA) is 86.8 Å². The zero-order chi connectivity index (χ0) is 29.4. The van der Waals surface area contributed by atoms with Gasteiger partial charge in [-0.1, -0.05) is 74.3 Å². The third-order valence-electron chi connectivity index (χ3n) is 6.14. The first-order valence-electron chi connectivity index (χ1n) is 12.8. The lowest BCUT2D eigenvalue weighted by Crippen LogP contribution is -2.52. The fourth-order valence-corrected chi connectivity index (χ4v) is 5.74. The number of carbonyl (C=O) groups is 2. The Hall–Kier alpha value is -3.14. The smallest absolute Gasteiger partial charge is 0.264 e. The Kier molecular flexibility index (Phi) is 11.0. The van der Waals surface area contributed by atoms with Gasteiger partial charge >= 0.3 is 0 Å². The lowest BCUT2D eigenvalue weighted by Gasteiger charge is -2.33. The van der Waals surface area contributed by atoms with Crippen molar-refractivity contribution in [3.63, 3.8) is 0 Å². The molecule has 0 aliphatic heterocycles. The molecule has 0 spiro atoms. The minimum absolute atomic E-state index is 0.00681. The van der Waals surface area contributed by atoms with Crippen molar-refractivity contribution in [1.29, 1.82) is 0 Å². The average molecular weight is 609 g/mol. The molecule has 0 saturated heterocycles. The van der Waals surface area contributed by atoms with E-state index in [0.717, 1.165) is 16.4 Å². The summed E-state index contributed by atoms with van der Waals surface area (Å²) in [6.07, 6.45) is 0.289. The predicted molar refractivity (Wildman–Crippen MR) is 156 cm³/mol. The number of halogens is 3. The zero-order valence-corrected chi connectivity index (χ0v) is 24.8. The van der Waals surface area contributed by atoms with Crippen molar-refractivity contribution < 1.29 is 22.4 Å². The number of carbonyl (C=O) groups excluding carboxylic acids is 2. The van der Waals surface area contributed by atoms with Gasteiger partial charge in [-0.3, -0.25) is 13.9 Å². The minimum atomic E-state index is -4.28. The SMILES string of the molecule is CCC(C(=O)NCC(C)C)N(Cc1ccc(Cl)cc1)C(=O)CN(c1ccc(F)c(Cl)c1)S(=O)(=O)c1ccccc1. The Morgan fingerprint density at radius 2 is 1.62 bits per heavy atom. The second-order valence-corrected chi connectivity index (χ2v) is 12.3. The fraction of sp³-hybridized carbons (Fsp3) is 0.310. The molecule has 0 saturated carbocycles. The first kappa shape index (κ1) is 31.4. The van der Waals surface area contributed by atoms with E-state index in [1.807, 2.05) is 13.8 Å². The number of anilines is 1. The normalized spacial score (nSPS) is 12.2. The van der Waals surface area contributed by atoms with E-state index in [-0.39, 0.29) is 40.4 Å². The molecule has 2 amide bonds. The molecule has 1 atom stereocenters. The van der Waals surface area contributed by atoms with Crippen LogP contribution in [0, 0.1) is 11.7 Å². The fourth-order valence-electron chi connectivity index (χ4n) is 4.02. The van der Waals surface area contributed by atoms with Crippen LogP contribution in [0.1, 0.15) is 32.8 Å². The van der Waals surface area contributed by atoms with Gasteiger partial charge in [0.1, 0.15) is 18.4 Å². The maximum absolute atomic E-state index is 14.0. The van der Waals surface area contributed by atoms with Gasteiger partial charge in [0.15, 0.2) is 0 Å². The molecule has 3 rings (SSSR count). The Morgan fingerprint density at radius 1 is 0.975 bits per heavy atom. The number of nitrogens with one attached hydrogen (secondary N) is 1. The number of sulfonamides is 1. The van der Waals surface area contributed by atoms with Gasteiger partial charge in [0.25, 0.3) is 10.0 Å². The van der Waals surface area contributed by atoms with Gasteiger partial charge in [-0.25, -0.2) is 12.8 Å². The second-order valence-electron chi connectivity index (χ2n) is 9.63. The summed E-state index contributed by atoms with van der Waals surface area (Å²) in [5.74, 6) is -1.51. The van der Waals surface area contributed by atoms with Crippen molar-refractivity contribution in [2.24, 2.45) is 5.92 Å². The van der Waals surface area contributed by atoms with Crippen LogP contribution in [0.4, 0.5) is 10.1 Å². The third-order valence-corrected chi connectivity index (χ3v) is 8.47. The Morgan fingerprint density at radius 3 is 2.20 bits per heavy atom. The molecule has 0 bridgehead atoms. The van der Waals surface area contributed by atoms with Gasteiger partial charge in [-0.2, -0.15) is 0 Å². The van der Waals surface area contributed by atoms with E-state index in [2.05, 4.69) is 5.32 Å². The molecule has 0 aromatic heterocycles. The maximum atomic E-state index is 14.0. The summed E-state index contributed by atoms with van der Waals surface area (Å²) in [5, 5.41) is 3.09. The monoisotopic (exact) mass is 607 g/mol. The summed E-state index contributed by atoms with van der Waals surface area (Å²) in [4.78, 5) is 28.5. The molecule has 40 heavy (non-hydrogen) atoms. The highest BCUT2D eigenvalue weighted by Crippen LogP contribution is 2.28. The summed E-state index contributed by atoms with van der Waals surface area (Å²) in [6.45, 7) is 5.49. The van der Waals surface area contributed by atoms with Gasteiger partial charge in [0, 0.05) is 18.1 Å². The van der Waals surface area contributed by atoms with Crippen LogP contribution in [0.25, 0.3) is 0 Å². The number of hydrogen-bond acceptors (Lipinski definition) is 4. The second kappa shape index (κ2) is 14.0. The molecule has 1 unspecified atom stereocenters. The lowest BCUT2D eigenvalue weighted by atomic mass is 10.1. The Balaban J connectivity index is 2.05. The molecule has 0 aliphatic carbocycles. The van der Waals surface area contributed by atoms with Crippen LogP contribution in [0.3, 0.4) is 0 Å². The van der Waals surface area contributed by atoms with Crippen LogP contribution in [0.2, 0.25) is 10.0 Å². The number of rotatable bonds is 12. The lowest BCUT2D eigenvalue weighted by molar-refractivity contribution is -0.140. The first-order chi connectivity index (χ1) is 18.9. The first-order valence-corrected chi connectivity index (χ1v) is 15.0. The molecule has 11 heteroatoms. The highest BCUT2D eigenvalue weighted by molar-refractivity contribution is 7.92. The van der Waals surface area contributed by atoms with E-state index in [4.69, 9.17) is 23.2 Å². The standard InChI is InChI=1S/C29H32Cl2FN3O4S/c1-4-27(29(37)33-17-20(2)3)34(18-21-10-12-22(30)13-11-21)28(36)19-35(23-14-15-26(32)25(31)16-23)40(38,39)24-8-6-5-7-9-24/h5-16,20,27H,4,17-19H2,1-3H3,(H,33,37). The van der Waals surface area contributed by atoms with Crippen molar-refractivity contribution in [1.82, 2.24) is 10.2 Å². The zero-order valence-electron chi connectivity index (χ0n) is 22.5.